The second-order valence-electron chi connectivity index (χ2n) is 4.05. The first-order chi connectivity index (χ1) is 10.2. The van der Waals surface area contributed by atoms with E-state index in [2.05, 4.69) is 4.98 Å². The van der Waals surface area contributed by atoms with Crippen molar-refractivity contribution >= 4 is 27.8 Å². The van der Waals surface area contributed by atoms with Gasteiger partial charge in [0.1, 0.15) is 9.92 Å². The zero-order valence-corrected chi connectivity index (χ0v) is 12.3. The van der Waals surface area contributed by atoms with Gasteiger partial charge >= 0.3 is 5.97 Å². The van der Waals surface area contributed by atoms with Gasteiger partial charge in [-0.2, -0.15) is 0 Å². The zero-order chi connectivity index (χ0) is 16.5. The highest BCUT2D eigenvalue weighted by Gasteiger charge is 2.18. The third kappa shape index (κ3) is 3.59. The molecule has 0 saturated heterocycles. The fourth-order valence-corrected chi connectivity index (χ4v) is 2.84. The summed E-state index contributed by atoms with van der Waals surface area (Å²) in [6, 6.07) is 3.86. The summed E-state index contributed by atoms with van der Waals surface area (Å²) < 4.78 is 48.4. The van der Waals surface area contributed by atoms with E-state index in [4.69, 9.17) is 10.2 Å². The lowest BCUT2D eigenvalue weighted by Gasteiger charge is -2.07. The van der Waals surface area contributed by atoms with Crippen molar-refractivity contribution in [1.29, 1.82) is 0 Å². The Kier molecular flexibility index (Phi) is 4.44. The number of primary sulfonamides is 1. The second kappa shape index (κ2) is 5.99. The maximum absolute atomic E-state index is 13.1. The molecule has 2 rings (SSSR count). The van der Waals surface area contributed by atoms with Crippen molar-refractivity contribution in [2.24, 2.45) is 5.14 Å². The lowest BCUT2D eigenvalue weighted by atomic mass is 10.3. The molecule has 0 saturated carbocycles. The number of benzene rings is 1. The van der Waals surface area contributed by atoms with Crippen LogP contribution in [0.15, 0.2) is 45.3 Å². The van der Waals surface area contributed by atoms with Crippen molar-refractivity contribution in [2.45, 2.75) is 14.8 Å². The number of nitrogens with two attached hydrogens (primary N) is 1. The maximum Gasteiger partial charge on any atom is 0.338 e. The maximum atomic E-state index is 13.1. The predicted octanol–water partition coefficient (Wildman–Crippen LogP) is 1.86. The van der Waals surface area contributed by atoms with Crippen LogP contribution >= 0.6 is 11.8 Å². The minimum Gasteiger partial charge on any atom is -0.478 e. The van der Waals surface area contributed by atoms with Crippen molar-refractivity contribution in [2.75, 3.05) is 0 Å². The van der Waals surface area contributed by atoms with Gasteiger partial charge in [-0.15, -0.1) is 0 Å². The lowest BCUT2D eigenvalue weighted by Crippen LogP contribution is -2.14. The van der Waals surface area contributed by atoms with Crippen LogP contribution in [0.2, 0.25) is 0 Å². The molecule has 1 aromatic heterocycles. The van der Waals surface area contributed by atoms with Crippen molar-refractivity contribution in [1.82, 2.24) is 4.98 Å². The van der Waals surface area contributed by atoms with Gasteiger partial charge in [0.05, 0.1) is 5.56 Å². The number of rotatable bonds is 4. The van der Waals surface area contributed by atoms with Crippen LogP contribution in [-0.4, -0.2) is 24.5 Å². The van der Waals surface area contributed by atoms with Crippen LogP contribution in [0.25, 0.3) is 0 Å². The molecule has 1 aromatic carbocycles. The quantitative estimate of drug-likeness (QED) is 0.874. The number of hydrogen-bond donors (Lipinski definition) is 2. The topological polar surface area (TPSA) is 110 Å². The Labute approximate surface area is 128 Å². The van der Waals surface area contributed by atoms with E-state index in [1.54, 1.807) is 0 Å². The van der Waals surface area contributed by atoms with Crippen LogP contribution in [0.5, 0.6) is 0 Å². The summed E-state index contributed by atoms with van der Waals surface area (Å²) in [6.45, 7) is 0. The predicted molar refractivity (Wildman–Crippen MR) is 73.1 cm³/mol. The summed E-state index contributed by atoms with van der Waals surface area (Å²) in [5, 5.41) is 13.9. The molecule has 116 valence electrons. The first-order valence-corrected chi connectivity index (χ1v) is 7.94. The third-order valence-electron chi connectivity index (χ3n) is 2.49. The van der Waals surface area contributed by atoms with Gasteiger partial charge in [0.2, 0.25) is 10.0 Å². The lowest BCUT2D eigenvalue weighted by molar-refractivity contribution is 0.0692. The monoisotopic (exact) mass is 346 g/mol. The van der Waals surface area contributed by atoms with Crippen LogP contribution in [0.3, 0.4) is 0 Å². The molecule has 0 aliphatic rings. The Bertz CT molecular complexity index is 856. The fraction of sp³-hybridized carbons (Fsp3) is 0. The van der Waals surface area contributed by atoms with Gasteiger partial charge in [-0.1, -0.05) is 11.8 Å². The third-order valence-corrected chi connectivity index (χ3v) is 4.38. The highest BCUT2D eigenvalue weighted by molar-refractivity contribution is 7.99. The van der Waals surface area contributed by atoms with E-state index < -0.39 is 38.1 Å². The van der Waals surface area contributed by atoms with Crippen molar-refractivity contribution in [3.8, 4) is 0 Å². The number of pyridine rings is 1. The molecule has 6 nitrogen and oxygen atoms in total. The van der Waals surface area contributed by atoms with Crippen LogP contribution in [-0.2, 0) is 10.0 Å². The molecule has 0 fully saturated rings. The summed E-state index contributed by atoms with van der Waals surface area (Å²) in [5.41, 5.74) is -0.416. The van der Waals surface area contributed by atoms with Gasteiger partial charge in [0.25, 0.3) is 0 Å². The number of nitrogens with zero attached hydrogens (tertiary/aromatic N) is 1. The minimum absolute atomic E-state index is 0.0779. The van der Waals surface area contributed by atoms with E-state index in [1.807, 2.05) is 0 Å². The molecular weight excluding hydrogens is 338 g/mol. The van der Waals surface area contributed by atoms with Crippen LogP contribution in [0.4, 0.5) is 8.78 Å². The molecular formula is C12H8F2N2O4S2. The van der Waals surface area contributed by atoms with E-state index in [1.165, 1.54) is 6.07 Å². The van der Waals surface area contributed by atoms with Crippen LogP contribution in [0, 0.1) is 11.6 Å². The summed E-state index contributed by atoms with van der Waals surface area (Å²) in [4.78, 5) is 14.7. The number of aromatic carboxylic acids is 1. The van der Waals surface area contributed by atoms with Gasteiger partial charge in [0, 0.05) is 11.1 Å². The molecule has 0 aliphatic carbocycles. The summed E-state index contributed by atoms with van der Waals surface area (Å²) in [5.74, 6) is -3.56. The molecule has 22 heavy (non-hydrogen) atoms. The largest absolute Gasteiger partial charge is 0.478 e. The molecule has 3 N–H and O–H groups in total. The number of carboxylic acid groups (broad SMARTS) is 1. The minimum atomic E-state index is -4.11. The fourth-order valence-electron chi connectivity index (χ4n) is 1.48. The number of sulfonamides is 1. The van der Waals surface area contributed by atoms with Crippen LogP contribution < -0.4 is 5.14 Å². The molecule has 0 unspecified atom stereocenters. The first kappa shape index (κ1) is 16.3. The van der Waals surface area contributed by atoms with E-state index in [9.17, 15) is 22.0 Å². The van der Waals surface area contributed by atoms with Gasteiger partial charge in [0.15, 0.2) is 11.6 Å². The number of carboxylic acids is 1. The molecule has 0 aliphatic heterocycles. The Morgan fingerprint density at radius 1 is 1.23 bits per heavy atom. The molecule has 0 radical (unpaired) electrons. The zero-order valence-electron chi connectivity index (χ0n) is 10.7. The van der Waals surface area contributed by atoms with E-state index in [0.717, 1.165) is 36.2 Å². The molecule has 0 atom stereocenters. The van der Waals surface area contributed by atoms with E-state index in [0.29, 0.717) is 0 Å². The highest BCUT2D eigenvalue weighted by Crippen LogP contribution is 2.30. The number of aromatic nitrogens is 1. The average molecular weight is 346 g/mol. The van der Waals surface area contributed by atoms with Crippen molar-refractivity contribution in [3.05, 3.63) is 47.7 Å². The molecule has 0 amide bonds. The number of halogens is 2. The standard InChI is InChI=1S/C12H8F2N2O4S2/c13-9-2-1-6(3-10(9)14)21-11-8(12(17)18)4-7(5-16-11)22(15,19)20/h1-5H,(H,17,18)(H2,15,19,20). The molecule has 2 aromatic rings. The highest BCUT2D eigenvalue weighted by atomic mass is 32.2. The van der Waals surface area contributed by atoms with E-state index in [-0.39, 0.29) is 9.92 Å². The summed E-state index contributed by atoms with van der Waals surface area (Å²) >= 11 is 0.750. The van der Waals surface area contributed by atoms with Gasteiger partial charge in [-0.05, 0) is 24.3 Å². The first-order valence-electron chi connectivity index (χ1n) is 5.57. The SMILES string of the molecule is NS(=O)(=O)c1cnc(Sc2ccc(F)c(F)c2)c(C(=O)O)c1. The Morgan fingerprint density at radius 3 is 2.45 bits per heavy atom. The molecule has 0 spiro atoms. The normalized spacial score (nSPS) is 11.4. The number of carbonyl (C=O) groups is 1. The Morgan fingerprint density at radius 2 is 1.91 bits per heavy atom. The summed E-state index contributed by atoms with van der Waals surface area (Å²) in [6.07, 6.45) is 0.893. The van der Waals surface area contributed by atoms with Gasteiger partial charge in [-0.25, -0.2) is 32.1 Å². The van der Waals surface area contributed by atoms with Gasteiger partial charge < -0.3 is 5.11 Å². The Balaban J connectivity index is 2.46. The van der Waals surface area contributed by atoms with Crippen LogP contribution in [0.1, 0.15) is 10.4 Å². The molecule has 1 heterocycles. The second-order valence-corrected chi connectivity index (χ2v) is 6.68. The molecule has 0 bridgehead atoms. The van der Waals surface area contributed by atoms with Crippen molar-refractivity contribution in [3.63, 3.8) is 0 Å². The van der Waals surface area contributed by atoms with Gasteiger partial charge in [-0.3, -0.25) is 0 Å². The Hall–Kier alpha value is -2.04. The molecule has 10 heteroatoms. The number of hydrogen-bond acceptors (Lipinski definition) is 5. The van der Waals surface area contributed by atoms with E-state index >= 15 is 0 Å². The van der Waals surface area contributed by atoms with Crippen molar-refractivity contribution < 1.29 is 27.1 Å². The smallest absolute Gasteiger partial charge is 0.338 e. The average Bonchev–Trinajstić information content (AvgIpc) is 2.42. The summed E-state index contributed by atoms with van der Waals surface area (Å²) in [7, 11) is -4.11.